The van der Waals surface area contributed by atoms with Gasteiger partial charge in [-0.3, -0.25) is 19.3 Å². The van der Waals surface area contributed by atoms with Gasteiger partial charge in [-0.25, -0.2) is 4.39 Å². The number of aromatic nitrogens is 2. The van der Waals surface area contributed by atoms with E-state index >= 15 is 4.79 Å². The molecule has 4 heterocycles. The highest BCUT2D eigenvalue weighted by molar-refractivity contribution is 8.00. The van der Waals surface area contributed by atoms with Gasteiger partial charge in [0, 0.05) is 21.9 Å². The minimum absolute atomic E-state index is 0.0998. The van der Waals surface area contributed by atoms with Crippen LogP contribution in [0.4, 0.5) is 15.2 Å². The van der Waals surface area contributed by atoms with Crippen LogP contribution in [0.3, 0.4) is 0 Å². The molecule has 0 N–H and O–H groups in total. The van der Waals surface area contributed by atoms with E-state index in [0.29, 0.717) is 26.4 Å². The molecule has 238 valence electrons. The van der Waals surface area contributed by atoms with Crippen molar-refractivity contribution in [1.82, 2.24) is 10.2 Å². The van der Waals surface area contributed by atoms with Crippen LogP contribution in [0.2, 0.25) is 5.02 Å². The highest BCUT2D eigenvalue weighted by Gasteiger charge is 2.66. The molecule has 0 radical (unpaired) electrons. The Bertz CT molecular complexity index is 2390. The predicted molar refractivity (Wildman–Crippen MR) is 185 cm³/mol. The molecular weight excluding hydrogens is 671 g/mol. The number of hydrogen-bond donors (Lipinski definition) is 0. The Morgan fingerprint density at radius 1 is 0.917 bits per heavy atom. The first-order valence-corrected chi connectivity index (χ1v) is 17.2. The van der Waals surface area contributed by atoms with Crippen molar-refractivity contribution < 1.29 is 18.4 Å². The SMILES string of the molecule is Cc1cc2oc3c(c(=O)c2cc1C)C1(C(=O)N(Cc2ccccc2F)c2ccccc21)N(c1nnc(SCc2ccccc2Cl)s1)C3=O. The highest BCUT2D eigenvalue weighted by Crippen LogP contribution is 2.55. The summed E-state index contributed by atoms with van der Waals surface area (Å²) in [4.78, 5) is 47.0. The number of amides is 2. The number of carbonyl (C=O) groups is 2. The quantitative estimate of drug-likeness (QED) is 0.130. The van der Waals surface area contributed by atoms with E-state index in [-0.39, 0.29) is 39.5 Å². The van der Waals surface area contributed by atoms with Crippen LogP contribution in [0, 0.1) is 19.7 Å². The number of hydrogen-bond acceptors (Lipinski definition) is 8. The largest absolute Gasteiger partial charge is 0.450 e. The van der Waals surface area contributed by atoms with E-state index in [1.807, 2.05) is 32.0 Å². The van der Waals surface area contributed by atoms with E-state index in [2.05, 4.69) is 10.2 Å². The lowest BCUT2D eigenvalue weighted by molar-refractivity contribution is -0.121. The summed E-state index contributed by atoms with van der Waals surface area (Å²) in [5, 5.41) is 9.71. The minimum atomic E-state index is -1.98. The van der Waals surface area contributed by atoms with Gasteiger partial charge in [-0.05, 0) is 60.9 Å². The average Bonchev–Trinajstić information content (AvgIpc) is 3.72. The Balaban J connectivity index is 1.34. The van der Waals surface area contributed by atoms with Gasteiger partial charge in [-0.1, -0.05) is 89.3 Å². The topological polar surface area (TPSA) is 96.6 Å². The standard InChI is InChI=1S/C36H24ClFN4O4S2/c1-19-15-23-28(16-20(19)2)46-31-29(30(23)43)36(24-11-5-8-14-27(24)41(33(36)45)17-21-9-4-7-13-26(21)38)42(32(31)44)34-39-40-35(48-34)47-18-22-10-3-6-12-25(22)37/h3-16H,17-18H2,1-2H3. The number of aryl methyl sites for hydroxylation is 2. The Morgan fingerprint density at radius 2 is 1.62 bits per heavy atom. The zero-order valence-corrected chi connectivity index (χ0v) is 27.9. The number of anilines is 2. The minimum Gasteiger partial charge on any atom is -0.450 e. The number of halogens is 2. The molecule has 0 fully saturated rings. The molecule has 12 heteroatoms. The van der Waals surface area contributed by atoms with Crippen molar-refractivity contribution >= 4 is 68.3 Å². The lowest BCUT2D eigenvalue weighted by Gasteiger charge is -2.32. The van der Waals surface area contributed by atoms with Crippen molar-refractivity contribution in [1.29, 1.82) is 0 Å². The van der Waals surface area contributed by atoms with Crippen molar-refractivity contribution in [2.24, 2.45) is 0 Å². The van der Waals surface area contributed by atoms with E-state index in [9.17, 15) is 14.0 Å². The molecule has 0 saturated heterocycles. The van der Waals surface area contributed by atoms with E-state index in [0.717, 1.165) is 28.0 Å². The maximum atomic E-state index is 15.1. The van der Waals surface area contributed by atoms with Crippen LogP contribution >= 0.6 is 34.7 Å². The summed E-state index contributed by atoms with van der Waals surface area (Å²) in [6.45, 7) is 3.63. The third-order valence-corrected chi connectivity index (χ3v) is 11.4. The number of rotatable bonds is 6. The molecule has 2 aromatic heterocycles. The molecule has 4 aromatic carbocycles. The van der Waals surface area contributed by atoms with E-state index in [1.165, 1.54) is 27.6 Å². The highest BCUT2D eigenvalue weighted by atomic mass is 35.5. The first kappa shape index (κ1) is 30.5. The number of nitrogens with zero attached hydrogens (tertiary/aromatic N) is 4. The maximum absolute atomic E-state index is 15.1. The molecular formula is C36H24ClFN4O4S2. The molecule has 0 bridgehead atoms. The van der Waals surface area contributed by atoms with Crippen LogP contribution in [0.1, 0.15) is 43.9 Å². The molecule has 1 atom stereocenters. The van der Waals surface area contributed by atoms with E-state index in [1.54, 1.807) is 60.7 Å². The molecule has 2 aliphatic rings. The molecule has 6 aromatic rings. The van der Waals surface area contributed by atoms with Crippen molar-refractivity contribution in [3.63, 3.8) is 0 Å². The summed E-state index contributed by atoms with van der Waals surface area (Å²) >= 11 is 8.87. The van der Waals surface area contributed by atoms with E-state index < -0.39 is 28.6 Å². The average molecular weight is 695 g/mol. The first-order valence-electron chi connectivity index (χ1n) is 15.0. The molecule has 2 aliphatic heterocycles. The fourth-order valence-corrected chi connectivity index (χ4v) is 8.66. The molecule has 1 spiro atoms. The number of carbonyl (C=O) groups excluding carboxylic acids is 2. The second-order valence-electron chi connectivity index (χ2n) is 11.6. The van der Waals surface area contributed by atoms with Gasteiger partial charge in [-0.15, -0.1) is 10.2 Å². The summed E-state index contributed by atoms with van der Waals surface area (Å²) in [7, 11) is 0. The summed E-state index contributed by atoms with van der Waals surface area (Å²) in [6, 6.07) is 24.0. The second-order valence-corrected chi connectivity index (χ2v) is 14.2. The van der Waals surface area contributed by atoms with Gasteiger partial charge in [0.15, 0.2) is 15.3 Å². The zero-order chi connectivity index (χ0) is 33.3. The molecule has 48 heavy (non-hydrogen) atoms. The fourth-order valence-electron chi connectivity index (χ4n) is 6.48. The van der Waals surface area contributed by atoms with Crippen molar-refractivity contribution in [2.75, 3.05) is 9.80 Å². The molecule has 8 nitrogen and oxygen atoms in total. The smallest absolute Gasteiger partial charge is 0.297 e. The molecule has 1 unspecified atom stereocenters. The van der Waals surface area contributed by atoms with Gasteiger partial charge in [0.2, 0.25) is 10.9 Å². The Morgan fingerprint density at radius 3 is 2.42 bits per heavy atom. The van der Waals surface area contributed by atoms with Gasteiger partial charge in [0.1, 0.15) is 11.4 Å². The lowest BCUT2D eigenvalue weighted by atomic mass is 9.84. The van der Waals surface area contributed by atoms with Crippen molar-refractivity contribution in [3.8, 4) is 0 Å². The first-order chi connectivity index (χ1) is 23.2. The zero-order valence-electron chi connectivity index (χ0n) is 25.5. The number of para-hydroxylation sites is 1. The Labute approximate surface area is 286 Å². The van der Waals surface area contributed by atoms with Gasteiger partial charge in [0.25, 0.3) is 11.8 Å². The van der Waals surface area contributed by atoms with Crippen LogP contribution in [-0.4, -0.2) is 22.0 Å². The number of fused-ring (bicyclic) bond motifs is 5. The summed E-state index contributed by atoms with van der Waals surface area (Å²) < 4.78 is 21.8. The van der Waals surface area contributed by atoms with Gasteiger partial charge < -0.3 is 9.32 Å². The van der Waals surface area contributed by atoms with Crippen LogP contribution in [0.25, 0.3) is 11.0 Å². The fraction of sp³-hybridized carbons (Fsp3) is 0.139. The molecule has 0 saturated carbocycles. The summed E-state index contributed by atoms with van der Waals surface area (Å²) in [6.07, 6.45) is 0. The Hall–Kier alpha value is -4.84. The maximum Gasteiger partial charge on any atom is 0.297 e. The second kappa shape index (κ2) is 11.4. The molecule has 0 aliphatic carbocycles. The van der Waals surface area contributed by atoms with E-state index in [4.69, 9.17) is 16.0 Å². The van der Waals surface area contributed by atoms with Gasteiger partial charge >= 0.3 is 0 Å². The monoisotopic (exact) mass is 694 g/mol. The van der Waals surface area contributed by atoms with Gasteiger partial charge in [0.05, 0.1) is 23.2 Å². The molecule has 8 rings (SSSR count). The third kappa shape index (κ3) is 4.45. The summed E-state index contributed by atoms with van der Waals surface area (Å²) in [5.41, 5.74) is 1.39. The number of thioether (sulfide) groups is 1. The number of benzene rings is 4. The van der Waals surface area contributed by atoms with Crippen LogP contribution in [0.15, 0.2) is 98.5 Å². The third-order valence-electron chi connectivity index (χ3n) is 8.92. The van der Waals surface area contributed by atoms with Gasteiger partial charge in [-0.2, -0.15) is 0 Å². The summed E-state index contributed by atoms with van der Waals surface area (Å²) in [5.74, 6) is -1.53. The lowest BCUT2D eigenvalue weighted by Crippen LogP contribution is -2.53. The predicted octanol–water partition coefficient (Wildman–Crippen LogP) is 7.80. The van der Waals surface area contributed by atoms with Crippen molar-refractivity contribution in [3.05, 3.63) is 145 Å². The van der Waals surface area contributed by atoms with Crippen molar-refractivity contribution in [2.45, 2.75) is 36.0 Å². The normalized spacial score (nSPS) is 16.8. The van der Waals surface area contributed by atoms with Crippen LogP contribution < -0.4 is 15.2 Å². The molecule has 2 amide bonds. The Kier molecular flexibility index (Phi) is 7.24. The van der Waals surface area contributed by atoms with Crippen LogP contribution in [0.5, 0.6) is 0 Å². The van der Waals surface area contributed by atoms with Crippen LogP contribution in [-0.2, 0) is 22.6 Å².